The molecule has 0 atom stereocenters. The third-order valence-corrected chi connectivity index (χ3v) is 6.64. The predicted molar refractivity (Wildman–Crippen MR) is 71.4 cm³/mol. The van der Waals surface area contributed by atoms with Gasteiger partial charge in [-0.15, -0.1) is 0 Å². The van der Waals surface area contributed by atoms with Gasteiger partial charge in [0.15, 0.2) is 14.6 Å². The molecule has 0 spiro atoms. The molecule has 0 aliphatic heterocycles. The first-order valence-corrected chi connectivity index (χ1v) is 8.15. The molecule has 2 aliphatic carbocycles. The van der Waals surface area contributed by atoms with E-state index in [4.69, 9.17) is 0 Å². The van der Waals surface area contributed by atoms with Crippen molar-refractivity contribution in [2.75, 3.05) is 0 Å². The Morgan fingerprint density at radius 1 is 1.16 bits per heavy atom. The van der Waals surface area contributed by atoms with Gasteiger partial charge in [-0.05, 0) is 44.2 Å². The highest BCUT2D eigenvalue weighted by Gasteiger charge is 2.61. The zero-order chi connectivity index (χ0) is 13.5. The number of hydrogen-bond acceptors (Lipinski definition) is 3. The Morgan fingerprint density at radius 3 is 2.26 bits per heavy atom. The maximum absolute atomic E-state index is 12.6. The molecule has 0 unspecified atom stereocenters. The van der Waals surface area contributed by atoms with Crippen molar-refractivity contribution in [1.29, 1.82) is 0 Å². The van der Waals surface area contributed by atoms with Crippen molar-refractivity contribution < 1.29 is 13.2 Å². The van der Waals surface area contributed by atoms with Crippen molar-refractivity contribution in [2.24, 2.45) is 0 Å². The Morgan fingerprint density at radius 2 is 1.79 bits per heavy atom. The third kappa shape index (κ3) is 1.96. The molecule has 2 saturated carbocycles. The van der Waals surface area contributed by atoms with Gasteiger partial charge in [-0.25, -0.2) is 8.42 Å². The normalized spacial score (nSPS) is 21.5. The Kier molecular flexibility index (Phi) is 2.89. The Labute approximate surface area is 113 Å². The number of benzene rings is 1. The SMILES string of the molecule is O=C(NC1CCC1)C1(S(=O)(=O)c2ccccc2)CC1. The third-order valence-electron chi connectivity index (χ3n) is 4.13. The molecule has 102 valence electrons. The number of carbonyl (C=O) groups is 1. The van der Waals surface area contributed by atoms with E-state index in [0.29, 0.717) is 12.8 Å². The van der Waals surface area contributed by atoms with Crippen molar-refractivity contribution in [1.82, 2.24) is 5.32 Å². The minimum atomic E-state index is -3.57. The molecule has 0 aromatic heterocycles. The van der Waals surface area contributed by atoms with Gasteiger partial charge in [0.25, 0.3) is 0 Å². The van der Waals surface area contributed by atoms with Crippen LogP contribution in [0.2, 0.25) is 0 Å². The predicted octanol–water partition coefficient (Wildman–Crippen LogP) is 1.66. The molecule has 5 heteroatoms. The first-order chi connectivity index (χ1) is 9.06. The fraction of sp³-hybridized carbons (Fsp3) is 0.500. The second kappa shape index (κ2) is 4.34. The van der Waals surface area contributed by atoms with Crippen LogP contribution in [0.1, 0.15) is 32.1 Å². The minimum absolute atomic E-state index is 0.177. The lowest BCUT2D eigenvalue weighted by Gasteiger charge is -2.28. The van der Waals surface area contributed by atoms with Crippen molar-refractivity contribution in [3.05, 3.63) is 30.3 Å². The zero-order valence-corrected chi connectivity index (χ0v) is 11.4. The molecule has 19 heavy (non-hydrogen) atoms. The topological polar surface area (TPSA) is 63.2 Å². The largest absolute Gasteiger partial charge is 0.352 e. The van der Waals surface area contributed by atoms with Crippen LogP contribution in [0.15, 0.2) is 35.2 Å². The second-order valence-electron chi connectivity index (χ2n) is 5.41. The molecule has 0 bridgehead atoms. The van der Waals surface area contributed by atoms with Gasteiger partial charge in [0, 0.05) is 6.04 Å². The number of carbonyl (C=O) groups excluding carboxylic acids is 1. The average Bonchev–Trinajstić information content (AvgIpc) is 3.16. The van der Waals surface area contributed by atoms with Crippen molar-refractivity contribution in [3.8, 4) is 0 Å². The summed E-state index contributed by atoms with van der Waals surface area (Å²) in [6.07, 6.45) is 3.91. The maximum atomic E-state index is 12.6. The standard InChI is InChI=1S/C14H17NO3S/c16-13(15-11-5-4-6-11)14(9-10-14)19(17,18)12-7-2-1-3-8-12/h1-3,7-8,11H,4-6,9-10H2,(H,15,16). The number of amides is 1. The highest BCUT2D eigenvalue weighted by atomic mass is 32.2. The molecule has 0 radical (unpaired) electrons. The summed E-state index contributed by atoms with van der Waals surface area (Å²) >= 11 is 0. The summed E-state index contributed by atoms with van der Waals surface area (Å²) < 4.78 is 24.0. The van der Waals surface area contributed by atoms with Gasteiger partial charge in [0.1, 0.15) is 0 Å². The summed E-state index contributed by atoms with van der Waals surface area (Å²) in [6.45, 7) is 0. The van der Waals surface area contributed by atoms with Gasteiger partial charge < -0.3 is 5.32 Å². The van der Waals surface area contributed by atoms with E-state index in [1.54, 1.807) is 30.3 Å². The van der Waals surface area contributed by atoms with Crippen LogP contribution in [-0.4, -0.2) is 25.1 Å². The molecule has 1 amide bonds. The molecule has 3 rings (SSSR count). The van der Waals surface area contributed by atoms with E-state index >= 15 is 0 Å². The Hall–Kier alpha value is -1.36. The number of rotatable bonds is 4. The van der Waals surface area contributed by atoms with E-state index in [2.05, 4.69) is 5.32 Å². The summed E-state index contributed by atoms with van der Waals surface area (Å²) in [7, 11) is -3.57. The van der Waals surface area contributed by atoms with E-state index < -0.39 is 14.6 Å². The van der Waals surface area contributed by atoms with Gasteiger partial charge in [0.2, 0.25) is 5.91 Å². The van der Waals surface area contributed by atoms with Gasteiger partial charge in [-0.1, -0.05) is 18.2 Å². The number of sulfone groups is 1. The first-order valence-electron chi connectivity index (χ1n) is 6.67. The van der Waals surface area contributed by atoms with Gasteiger partial charge in [-0.3, -0.25) is 4.79 Å². The smallest absolute Gasteiger partial charge is 0.242 e. The lowest BCUT2D eigenvalue weighted by molar-refractivity contribution is -0.122. The number of nitrogens with one attached hydrogen (secondary N) is 1. The zero-order valence-electron chi connectivity index (χ0n) is 10.6. The van der Waals surface area contributed by atoms with Crippen LogP contribution in [0, 0.1) is 0 Å². The minimum Gasteiger partial charge on any atom is -0.352 e. The molecule has 1 aromatic carbocycles. The fourth-order valence-electron chi connectivity index (χ4n) is 2.43. The first kappa shape index (κ1) is 12.7. The quantitative estimate of drug-likeness (QED) is 0.911. The number of hydrogen-bond donors (Lipinski definition) is 1. The lowest BCUT2D eigenvalue weighted by Crippen LogP contribution is -2.48. The summed E-state index contributed by atoms with van der Waals surface area (Å²) in [5.41, 5.74) is 0. The van der Waals surface area contributed by atoms with E-state index in [1.807, 2.05) is 0 Å². The van der Waals surface area contributed by atoms with Crippen LogP contribution in [0.3, 0.4) is 0 Å². The van der Waals surface area contributed by atoms with E-state index in [9.17, 15) is 13.2 Å². The molecule has 4 nitrogen and oxygen atoms in total. The molecular weight excluding hydrogens is 262 g/mol. The van der Waals surface area contributed by atoms with Crippen LogP contribution in [0.25, 0.3) is 0 Å². The van der Waals surface area contributed by atoms with Gasteiger partial charge in [-0.2, -0.15) is 0 Å². The summed E-state index contributed by atoms with van der Waals surface area (Å²) in [6, 6.07) is 8.45. The molecule has 1 aromatic rings. The molecule has 0 saturated heterocycles. The highest BCUT2D eigenvalue weighted by molar-refractivity contribution is 7.94. The van der Waals surface area contributed by atoms with Crippen molar-refractivity contribution in [2.45, 2.75) is 47.8 Å². The van der Waals surface area contributed by atoms with Crippen LogP contribution < -0.4 is 5.32 Å². The molecular formula is C14H17NO3S. The summed E-state index contributed by atoms with van der Waals surface area (Å²) in [4.78, 5) is 12.5. The molecule has 0 heterocycles. The molecule has 2 fully saturated rings. The van der Waals surface area contributed by atoms with E-state index in [1.165, 1.54) is 0 Å². The van der Waals surface area contributed by atoms with Crippen LogP contribution in [-0.2, 0) is 14.6 Å². The van der Waals surface area contributed by atoms with Gasteiger partial charge >= 0.3 is 0 Å². The van der Waals surface area contributed by atoms with Crippen LogP contribution in [0.5, 0.6) is 0 Å². The second-order valence-corrected chi connectivity index (χ2v) is 7.67. The van der Waals surface area contributed by atoms with E-state index in [0.717, 1.165) is 19.3 Å². The fourth-order valence-corrected chi connectivity index (χ4v) is 4.34. The molecule has 1 N–H and O–H groups in total. The van der Waals surface area contributed by atoms with Gasteiger partial charge in [0.05, 0.1) is 4.90 Å². The monoisotopic (exact) mass is 279 g/mol. The van der Waals surface area contributed by atoms with Crippen molar-refractivity contribution in [3.63, 3.8) is 0 Å². The summed E-state index contributed by atoms with van der Waals surface area (Å²) in [5, 5.41) is 2.88. The Bertz CT molecular complexity index is 586. The van der Waals surface area contributed by atoms with Crippen molar-refractivity contribution >= 4 is 15.7 Å². The van der Waals surface area contributed by atoms with Crippen LogP contribution >= 0.6 is 0 Å². The lowest BCUT2D eigenvalue weighted by atomic mass is 9.93. The van der Waals surface area contributed by atoms with E-state index in [-0.39, 0.29) is 16.8 Å². The maximum Gasteiger partial charge on any atom is 0.242 e. The molecule has 2 aliphatic rings. The Balaban J connectivity index is 1.85. The summed E-state index contributed by atoms with van der Waals surface area (Å²) in [5.74, 6) is -0.305. The van der Waals surface area contributed by atoms with Crippen LogP contribution in [0.4, 0.5) is 0 Å². The average molecular weight is 279 g/mol. The highest BCUT2D eigenvalue weighted by Crippen LogP contribution is 2.47.